The van der Waals surface area contributed by atoms with Gasteiger partial charge in [0.05, 0.1) is 19.3 Å². The fraction of sp³-hybridized carbons (Fsp3) is 0.824. The summed E-state index contributed by atoms with van der Waals surface area (Å²) in [5.41, 5.74) is 0. The van der Waals surface area contributed by atoms with Gasteiger partial charge in [0.15, 0.2) is 0 Å². The monoisotopic (exact) mass is 281 g/mol. The van der Waals surface area contributed by atoms with Crippen molar-refractivity contribution in [3.05, 3.63) is 0 Å². The molecule has 0 aromatic carbocycles. The van der Waals surface area contributed by atoms with Crippen LogP contribution in [0.3, 0.4) is 0 Å². The lowest BCUT2D eigenvalue weighted by atomic mass is 10.0. The first-order valence-corrected chi connectivity index (χ1v) is 7.34. The molecular weight excluding hydrogens is 250 g/mol. The second-order valence-electron chi connectivity index (χ2n) is 5.86. The average Bonchev–Trinajstić information content (AvgIpc) is 2.36. The maximum absolute atomic E-state index is 11.6. The molecule has 0 radical (unpaired) electrons. The zero-order valence-corrected chi connectivity index (χ0v) is 12.7. The number of rotatable bonds is 5. The third-order valence-corrected chi connectivity index (χ3v) is 3.27. The molecule has 116 valence electrons. The Balaban J connectivity index is 0.00000361. The van der Waals surface area contributed by atoms with Gasteiger partial charge in [0, 0.05) is 31.3 Å². The summed E-state index contributed by atoms with van der Waals surface area (Å²) in [6.07, 6.45) is 1.66. The average molecular weight is 281 g/mol. The van der Waals surface area contributed by atoms with Crippen LogP contribution in [-0.2, 0) is 9.53 Å². The van der Waals surface area contributed by atoms with Crippen molar-refractivity contribution in [3.63, 3.8) is 0 Å². The van der Waals surface area contributed by atoms with E-state index in [1.54, 1.807) is 0 Å². The minimum Gasteiger partial charge on any atom is -0.376 e. The molecule has 0 bridgehead atoms. The second-order valence-corrected chi connectivity index (χ2v) is 5.86. The molecule has 1 saturated heterocycles. The first-order valence-electron chi connectivity index (χ1n) is 7.34. The van der Waals surface area contributed by atoms with E-state index in [0.717, 1.165) is 32.7 Å². The van der Waals surface area contributed by atoms with Crippen molar-refractivity contribution in [2.24, 2.45) is 11.8 Å². The lowest BCUT2D eigenvalue weighted by Crippen LogP contribution is -2.42. The van der Waals surface area contributed by atoms with Crippen molar-refractivity contribution < 1.29 is 9.53 Å². The summed E-state index contributed by atoms with van der Waals surface area (Å²) in [6.45, 7) is 11.5. The van der Waals surface area contributed by atoms with Gasteiger partial charge in [-0.25, -0.2) is 0 Å². The van der Waals surface area contributed by atoms with Gasteiger partial charge in [0.2, 0.25) is 0 Å². The number of morpholine rings is 1. The van der Waals surface area contributed by atoms with Gasteiger partial charge in [-0.2, -0.15) is 0 Å². The normalized spacial score (nSPS) is 19.4. The van der Waals surface area contributed by atoms with E-state index < -0.39 is 0 Å². The van der Waals surface area contributed by atoms with E-state index >= 15 is 0 Å². The highest BCUT2D eigenvalue weighted by molar-refractivity contribution is 5.80. The maximum Gasteiger partial charge on any atom is 0.135 e. The Hall–Kier alpha value is -0.850. The first kappa shape index (κ1) is 19.1. The standard InChI is InChI=1S/C16H27NO2.CH4/c1-13(2)6-5-9-17-10-11-19-15(12-17)7-8-16(18)14(3)4;/h13-15H,7-12H2,1-4H3;1H4/t15-;/m1./s1. The van der Waals surface area contributed by atoms with Crippen molar-refractivity contribution in [1.82, 2.24) is 4.90 Å². The van der Waals surface area contributed by atoms with E-state index in [-0.39, 0.29) is 19.4 Å². The molecule has 0 aromatic rings. The molecule has 20 heavy (non-hydrogen) atoms. The summed E-state index contributed by atoms with van der Waals surface area (Å²) >= 11 is 0. The Morgan fingerprint density at radius 1 is 1.35 bits per heavy atom. The number of ketones is 1. The summed E-state index contributed by atoms with van der Waals surface area (Å²) in [4.78, 5) is 13.9. The Bertz CT molecular complexity index is 339. The number of ether oxygens (including phenoxy) is 1. The van der Waals surface area contributed by atoms with E-state index in [1.807, 2.05) is 13.8 Å². The molecule has 0 N–H and O–H groups in total. The molecular formula is C17H31NO2. The molecule has 1 aliphatic rings. The van der Waals surface area contributed by atoms with Gasteiger partial charge in [0.1, 0.15) is 5.78 Å². The number of hydrogen-bond acceptors (Lipinski definition) is 3. The maximum atomic E-state index is 11.6. The minimum absolute atomic E-state index is 0. The van der Waals surface area contributed by atoms with Crippen LogP contribution in [0.1, 0.15) is 48.0 Å². The summed E-state index contributed by atoms with van der Waals surface area (Å²) in [7, 11) is 0. The number of carbonyl (C=O) groups excluding carboxylic acids is 1. The number of carbonyl (C=O) groups is 1. The summed E-state index contributed by atoms with van der Waals surface area (Å²) in [5, 5.41) is 0. The Morgan fingerprint density at radius 2 is 2.05 bits per heavy atom. The third kappa shape index (κ3) is 7.67. The number of hydrogen-bond donors (Lipinski definition) is 0. The molecule has 1 heterocycles. The molecule has 1 aliphatic heterocycles. The zero-order chi connectivity index (χ0) is 14.3. The zero-order valence-electron chi connectivity index (χ0n) is 12.7. The van der Waals surface area contributed by atoms with Crippen LogP contribution in [0.15, 0.2) is 0 Å². The van der Waals surface area contributed by atoms with Crippen LogP contribution in [0.5, 0.6) is 0 Å². The Labute approximate surface area is 125 Å². The van der Waals surface area contributed by atoms with Gasteiger partial charge < -0.3 is 4.74 Å². The van der Waals surface area contributed by atoms with Gasteiger partial charge in [-0.05, 0) is 6.42 Å². The van der Waals surface area contributed by atoms with Gasteiger partial charge in [0.25, 0.3) is 0 Å². The molecule has 0 saturated carbocycles. The van der Waals surface area contributed by atoms with Crippen LogP contribution in [-0.4, -0.2) is 43.0 Å². The predicted molar refractivity (Wildman–Crippen MR) is 84.6 cm³/mol. The number of nitrogens with zero attached hydrogens (tertiary/aromatic N) is 1. The minimum atomic E-state index is 0. The van der Waals surface area contributed by atoms with Crippen LogP contribution < -0.4 is 0 Å². The predicted octanol–water partition coefficient (Wildman–Crippen LogP) is 2.99. The van der Waals surface area contributed by atoms with Crippen LogP contribution >= 0.6 is 0 Å². The second kappa shape index (κ2) is 9.96. The van der Waals surface area contributed by atoms with E-state index in [9.17, 15) is 4.79 Å². The van der Waals surface area contributed by atoms with Crippen LogP contribution in [0.2, 0.25) is 0 Å². The fourth-order valence-corrected chi connectivity index (χ4v) is 2.05. The van der Waals surface area contributed by atoms with Crippen molar-refractivity contribution in [3.8, 4) is 11.8 Å². The molecule has 0 unspecified atom stereocenters. The molecule has 0 aromatic heterocycles. The smallest absolute Gasteiger partial charge is 0.135 e. The van der Waals surface area contributed by atoms with Gasteiger partial charge in [-0.15, -0.1) is 0 Å². The van der Waals surface area contributed by atoms with E-state index in [0.29, 0.717) is 18.1 Å². The third-order valence-electron chi connectivity index (χ3n) is 3.27. The first-order chi connectivity index (χ1) is 8.99. The van der Waals surface area contributed by atoms with Crippen LogP contribution in [0.25, 0.3) is 0 Å². The highest BCUT2D eigenvalue weighted by Gasteiger charge is 2.21. The van der Waals surface area contributed by atoms with Crippen molar-refractivity contribution >= 4 is 5.78 Å². The number of Topliss-reactive ketones (excluding diaryl/α,β-unsaturated/α-hetero) is 1. The quantitative estimate of drug-likeness (QED) is 0.726. The fourth-order valence-electron chi connectivity index (χ4n) is 2.05. The Kier molecular flexibility index (Phi) is 9.54. The van der Waals surface area contributed by atoms with E-state index in [2.05, 4.69) is 30.6 Å². The van der Waals surface area contributed by atoms with Gasteiger partial charge in [-0.1, -0.05) is 47.0 Å². The van der Waals surface area contributed by atoms with Crippen molar-refractivity contribution in [2.45, 2.75) is 54.1 Å². The highest BCUT2D eigenvalue weighted by atomic mass is 16.5. The van der Waals surface area contributed by atoms with Crippen LogP contribution in [0.4, 0.5) is 0 Å². The molecule has 1 atom stereocenters. The molecule has 3 heteroatoms. The SMILES string of the molecule is C.CC(C)C#CCN1CCO[C@H](CCC(=O)C(C)C)C1. The topological polar surface area (TPSA) is 29.5 Å². The van der Waals surface area contributed by atoms with Crippen molar-refractivity contribution in [2.75, 3.05) is 26.2 Å². The van der Waals surface area contributed by atoms with E-state index in [1.165, 1.54) is 0 Å². The molecule has 0 spiro atoms. The lowest BCUT2D eigenvalue weighted by molar-refractivity contribution is -0.123. The highest BCUT2D eigenvalue weighted by Crippen LogP contribution is 2.12. The summed E-state index contributed by atoms with van der Waals surface area (Å²) < 4.78 is 5.72. The molecule has 1 fully saturated rings. The molecule has 0 amide bonds. The van der Waals surface area contributed by atoms with Gasteiger partial charge >= 0.3 is 0 Å². The van der Waals surface area contributed by atoms with Crippen molar-refractivity contribution in [1.29, 1.82) is 0 Å². The lowest BCUT2D eigenvalue weighted by Gasteiger charge is -2.31. The Morgan fingerprint density at radius 3 is 2.65 bits per heavy atom. The molecule has 3 nitrogen and oxygen atoms in total. The molecule has 1 rings (SSSR count). The van der Waals surface area contributed by atoms with Gasteiger partial charge in [-0.3, -0.25) is 9.69 Å². The van der Waals surface area contributed by atoms with Crippen LogP contribution in [0, 0.1) is 23.7 Å². The summed E-state index contributed by atoms with van der Waals surface area (Å²) in [6, 6.07) is 0. The summed E-state index contributed by atoms with van der Waals surface area (Å²) in [5.74, 6) is 7.30. The largest absolute Gasteiger partial charge is 0.376 e. The molecule has 0 aliphatic carbocycles. The van der Waals surface area contributed by atoms with E-state index in [4.69, 9.17) is 4.74 Å².